The third kappa shape index (κ3) is 3.80. The van der Waals surface area contributed by atoms with Crippen LogP contribution in [0.2, 0.25) is 0 Å². The van der Waals surface area contributed by atoms with Crippen molar-refractivity contribution in [1.82, 2.24) is 4.90 Å². The van der Waals surface area contributed by atoms with Gasteiger partial charge in [-0.2, -0.15) is 0 Å². The smallest absolute Gasteiger partial charge is 0.175 e. The molecule has 1 aliphatic heterocycles. The zero-order valence-corrected chi connectivity index (χ0v) is 12.2. The average molecular weight is 285 g/mol. The van der Waals surface area contributed by atoms with Crippen LogP contribution in [0.4, 0.5) is 0 Å². The molecule has 3 nitrogen and oxygen atoms in total. The lowest BCUT2D eigenvalue weighted by atomic mass is 9.90. The molecule has 1 aromatic carbocycles. The first-order valence-corrected chi connectivity index (χ1v) is 8.37. The lowest BCUT2D eigenvalue weighted by Gasteiger charge is -2.32. The fourth-order valence-corrected chi connectivity index (χ4v) is 3.18. The quantitative estimate of drug-likeness (QED) is 0.853. The van der Waals surface area contributed by atoms with Gasteiger partial charge in [-0.3, -0.25) is 0 Å². The Balaban J connectivity index is 2.26. The number of hydrogen-bond donors (Lipinski definition) is 0. The van der Waals surface area contributed by atoms with E-state index in [4.69, 9.17) is 5.48 Å². The second-order valence-electron chi connectivity index (χ2n) is 4.99. The fourth-order valence-electron chi connectivity index (χ4n) is 2.51. The van der Waals surface area contributed by atoms with E-state index in [1.165, 1.54) is 18.1 Å². The molecule has 1 heterocycles. The van der Waals surface area contributed by atoms with Crippen LogP contribution < -0.4 is 0 Å². The highest BCUT2D eigenvalue weighted by molar-refractivity contribution is 7.90. The highest BCUT2D eigenvalue weighted by atomic mass is 32.2. The Labute approximate surface area is 122 Å². The molecule has 0 saturated carbocycles. The van der Waals surface area contributed by atoms with E-state index in [-0.39, 0.29) is 10.8 Å². The number of piperidine rings is 1. The maximum Gasteiger partial charge on any atom is 0.175 e. The van der Waals surface area contributed by atoms with E-state index in [0.717, 1.165) is 18.4 Å². The molecular weight excluding hydrogens is 258 g/mol. The lowest BCUT2D eigenvalue weighted by molar-refractivity contribution is 0.208. The van der Waals surface area contributed by atoms with E-state index >= 15 is 0 Å². The van der Waals surface area contributed by atoms with Gasteiger partial charge in [0.25, 0.3) is 0 Å². The summed E-state index contributed by atoms with van der Waals surface area (Å²) in [7, 11) is -3.28. The van der Waals surface area contributed by atoms with Crippen LogP contribution in [-0.2, 0) is 9.84 Å². The number of benzene rings is 1. The van der Waals surface area contributed by atoms with Crippen LogP contribution in [0.5, 0.6) is 0 Å². The molecule has 0 spiro atoms. The van der Waals surface area contributed by atoms with Crippen LogP contribution in [0.3, 0.4) is 0 Å². The number of hydrogen-bond acceptors (Lipinski definition) is 3. The summed E-state index contributed by atoms with van der Waals surface area (Å²) in [5.74, 6) is 0.00266. The van der Waals surface area contributed by atoms with Crippen LogP contribution in [0.1, 0.15) is 43.1 Å². The summed E-state index contributed by atoms with van der Waals surface area (Å²) in [5.41, 5.74) is 0.866. The van der Waals surface area contributed by atoms with Gasteiger partial charge in [-0.25, -0.2) is 8.42 Å². The minimum Gasteiger partial charge on any atom is -0.303 e. The van der Waals surface area contributed by atoms with Crippen molar-refractivity contribution < 1.29 is 13.9 Å². The molecule has 0 N–H and O–H groups in total. The molecule has 1 aromatic rings. The highest BCUT2D eigenvalue weighted by Crippen LogP contribution is 2.28. The molecule has 1 aliphatic rings. The first-order valence-electron chi connectivity index (χ1n) is 8.48. The van der Waals surface area contributed by atoms with Crippen molar-refractivity contribution in [3.63, 3.8) is 0 Å². The minimum atomic E-state index is -3.28. The second-order valence-corrected chi connectivity index (χ2v) is 7.01. The molecule has 1 saturated heterocycles. The summed E-state index contributed by atoms with van der Waals surface area (Å²) in [6, 6.07) is 6.78. The third-order valence-electron chi connectivity index (χ3n) is 3.45. The summed E-state index contributed by atoms with van der Waals surface area (Å²) in [5, 5.41) is 0. The van der Waals surface area contributed by atoms with Gasteiger partial charge in [0.05, 0.1) is 4.90 Å². The van der Waals surface area contributed by atoms with Crippen molar-refractivity contribution in [2.45, 2.75) is 37.0 Å². The third-order valence-corrected chi connectivity index (χ3v) is 4.56. The van der Waals surface area contributed by atoms with Gasteiger partial charge in [0.15, 0.2) is 9.84 Å². The van der Waals surface area contributed by atoms with E-state index in [0.29, 0.717) is 13.1 Å². The summed E-state index contributed by atoms with van der Waals surface area (Å²) >= 11 is 0. The number of rotatable bonds is 4. The van der Waals surface area contributed by atoms with Crippen molar-refractivity contribution >= 4 is 9.84 Å². The summed E-state index contributed by atoms with van der Waals surface area (Å²) in [6.45, 7) is 0.0805. The summed E-state index contributed by atoms with van der Waals surface area (Å²) < 4.78 is 55.0. The Morgan fingerprint density at radius 1 is 1.47 bits per heavy atom. The van der Waals surface area contributed by atoms with Crippen LogP contribution in [0.25, 0.3) is 0 Å². The molecular formula is C15H23NO2S. The molecule has 1 atom stereocenters. The van der Waals surface area contributed by atoms with Crippen molar-refractivity contribution in [1.29, 1.82) is 0 Å². The molecule has 4 heteroatoms. The standard InChI is InChI=1S/C15H23NO2S/c1-3-9-16-10-5-7-14(12-16)13-6-4-8-15(11-13)19(2,17)18/h4,6,8,11,14H,3,5,7,9-10,12H2,1-2H3/t14-/m1/s1/i3D2,9D2. The van der Waals surface area contributed by atoms with Gasteiger partial charge in [-0.05, 0) is 55.9 Å². The monoisotopic (exact) mass is 285 g/mol. The van der Waals surface area contributed by atoms with Gasteiger partial charge >= 0.3 is 0 Å². The average Bonchev–Trinajstić information content (AvgIpc) is 2.45. The Kier molecular flexibility index (Phi) is 3.17. The first-order chi connectivity index (χ1) is 10.4. The topological polar surface area (TPSA) is 37.4 Å². The van der Waals surface area contributed by atoms with Crippen LogP contribution in [0, 0.1) is 0 Å². The Bertz CT molecular complexity index is 670. The molecule has 0 bridgehead atoms. The fraction of sp³-hybridized carbons (Fsp3) is 0.600. The van der Waals surface area contributed by atoms with Gasteiger partial charge in [-0.15, -0.1) is 0 Å². The second kappa shape index (κ2) is 6.06. The maximum absolute atomic E-state index is 11.7. The van der Waals surface area contributed by atoms with Gasteiger partial charge in [0, 0.05) is 18.3 Å². The lowest BCUT2D eigenvalue weighted by Crippen LogP contribution is -2.34. The Hall–Kier alpha value is -0.870. The molecule has 2 rings (SSSR count). The van der Waals surface area contributed by atoms with Crippen molar-refractivity contribution in [3.05, 3.63) is 29.8 Å². The number of likely N-dealkylation sites (tertiary alicyclic amines) is 1. The van der Waals surface area contributed by atoms with E-state index in [2.05, 4.69) is 0 Å². The maximum atomic E-state index is 11.7. The van der Waals surface area contributed by atoms with E-state index < -0.39 is 22.7 Å². The van der Waals surface area contributed by atoms with Gasteiger partial charge in [0.1, 0.15) is 0 Å². The summed E-state index contributed by atoms with van der Waals surface area (Å²) in [4.78, 5) is 1.80. The molecule has 0 aliphatic carbocycles. The molecule has 19 heavy (non-hydrogen) atoms. The zero-order chi connectivity index (χ0) is 17.5. The molecule has 0 aromatic heterocycles. The summed E-state index contributed by atoms with van der Waals surface area (Å²) in [6.07, 6.45) is 0.795. The Morgan fingerprint density at radius 2 is 2.26 bits per heavy atom. The predicted molar refractivity (Wildman–Crippen MR) is 78.3 cm³/mol. The first kappa shape index (κ1) is 9.94. The van der Waals surface area contributed by atoms with Gasteiger partial charge in [0.2, 0.25) is 0 Å². The Morgan fingerprint density at radius 3 is 2.95 bits per heavy atom. The van der Waals surface area contributed by atoms with Crippen molar-refractivity contribution in [2.75, 3.05) is 25.8 Å². The molecule has 106 valence electrons. The largest absolute Gasteiger partial charge is 0.303 e. The minimum absolute atomic E-state index is 0.00266. The number of sulfone groups is 1. The van der Waals surface area contributed by atoms with Gasteiger partial charge < -0.3 is 4.90 Å². The van der Waals surface area contributed by atoms with Crippen LogP contribution >= 0.6 is 0 Å². The zero-order valence-electron chi connectivity index (χ0n) is 15.4. The number of nitrogens with zero attached hydrogens (tertiary/aromatic N) is 1. The predicted octanol–water partition coefficient (Wildman–Crippen LogP) is 2.68. The molecule has 1 fully saturated rings. The SMILES string of the molecule is [2H]C([2H])(C)C([2H])([2H])N1CCC[C@@H](c2cccc(S(C)(=O)=O)c2)C1. The van der Waals surface area contributed by atoms with E-state index in [9.17, 15) is 8.42 Å². The van der Waals surface area contributed by atoms with E-state index in [1.54, 1.807) is 18.2 Å². The van der Waals surface area contributed by atoms with Crippen molar-refractivity contribution in [3.8, 4) is 0 Å². The van der Waals surface area contributed by atoms with Crippen molar-refractivity contribution in [2.24, 2.45) is 0 Å². The molecule has 0 unspecified atom stereocenters. The molecule has 0 amide bonds. The molecule has 0 radical (unpaired) electrons. The van der Waals surface area contributed by atoms with E-state index in [1.807, 2.05) is 6.07 Å². The highest BCUT2D eigenvalue weighted by Gasteiger charge is 2.21. The van der Waals surface area contributed by atoms with Crippen LogP contribution in [0.15, 0.2) is 29.2 Å². The normalized spacial score (nSPS) is 26.1. The van der Waals surface area contributed by atoms with Gasteiger partial charge in [-0.1, -0.05) is 19.1 Å². The van der Waals surface area contributed by atoms with Crippen LogP contribution in [-0.4, -0.2) is 39.2 Å².